The van der Waals surface area contributed by atoms with Crippen molar-refractivity contribution in [1.29, 1.82) is 0 Å². The van der Waals surface area contributed by atoms with E-state index in [1.807, 2.05) is 42.5 Å². The van der Waals surface area contributed by atoms with E-state index in [1.165, 1.54) is 136 Å². The van der Waals surface area contributed by atoms with Crippen LogP contribution in [0.1, 0.15) is 105 Å². The molecule has 8 bridgehead atoms. The number of rotatable bonds is 3. The third-order valence-corrected chi connectivity index (χ3v) is 21.7. The van der Waals surface area contributed by atoms with E-state index in [9.17, 15) is 5.11 Å². The fourth-order valence-electron chi connectivity index (χ4n) is 18.2. The Bertz CT molecular complexity index is 3970. The number of hydrogen-bond donors (Lipinski definition) is 1. The molecule has 8 saturated carbocycles. The second-order valence-electron chi connectivity index (χ2n) is 25.4. The molecule has 0 radical (unpaired) electrons. The largest absolute Gasteiger partial charge is 0.385 e. The number of aliphatic hydroxyl groups is 1. The first-order valence-electron chi connectivity index (χ1n) is 30.0. The lowest BCUT2D eigenvalue weighted by atomic mass is 9.43. The Morgan fingerprint density at radius 1 is 0.390 bits per heavy atom. The summed E-state index contributed by atoms with van der Waals surface area (Å²) >= 11 is 18.6. The molecule has 10 aliphatic carbocycles. The summed E-state index contributed by atoms with van der Waals surface area (Å²) < 4.78 is 2.45. The predicted molar refractivity (Wildman–Crippen MR) is 344 cm³/mol. The predicted octanol–water partition coefficient (Wildman–Crippen LogP) is 21.4. The zero-order valence-corrected chi connectivity index (χ0v) is 48.3. The molecule has 82 heavy (non-hydrogen) atoms. The van der Waals surface area contributed by atoms with Gasteiger partial charge in [0.1, 0.15) is 0 Å². The van der Waals surface area contributed by atoms with E-state index < -0.39 is 5.60 Å². The van der Waals surface area contributed by atoms with Gasteiger partial charge in [-0.3, -0.25) is 0 Å². The fourth-order valence-corrected chi connectivity index (χ4v) is 18.7. The average Bonchev–Trinajstić information content (AvgIpc) is 3.75. The molecule has 0 aliphatic heterocycles. The number of hydrogen-bond acceptors (Lipinski definition) is 1. The second kappa shape index (κ2) is 21.3. The van der Waals surface area contributed by atoms with Gasteiger partial charge < -0.3 is 9.67 Å². The van der Waals surface area contributed by atoms with Gasteiger partial charge in [-0.05, 0) is 241 Å². The second-order valence-corrected chi connectivity index (χ2v) is 26.7. The van der Waals surface area contributed by atoms with Crippen molar-refractivity contribution in [2.24, 2.45) is 47.3 Å². The SMILES string of the molecule is C.Cc1ccccc1.Clc1ccc2c(c1)Cc1ccccc1-2.Clc1ccc2c3ccccc3n(-c3ccc4c(c3)C3(c5ccccc5-4)C4CC5CC(C4)CC3C5)c2c1.OC1(c2ccccc2-c2ccc(Cl)cc2)C2CC3CC(C2)CC1C3. The van der Waals surface area contributed by atoms with Crippen molar-refractivity contribution in [3.63, 3.8) is 0 Å². The van der Waals surface area contributed by atoms with Gasteiger partial charge in [0.05, 0.1) is 16.6 Å². The Labute approximate surface area is 500 Å². The Balaban J connectivity index is 0.000000112. The summed E-state index contributed by atoms with van der Waals surface area (Å²) in [6.45, 7) is 2.08. The van der Waals surface area contributed by atoms with Gasteiger partial charge >= 0.3 is 0 Å². The Morgan fingerprint density at radius 3 is 1.56 bits per heavy atom. The lowest BCUT2D eigenvalue weighted by Gasteiger charge is -2.61. The Morgan fingerprint density at radius 2 is 0.890 bits per heavy atom. The van der Waals surface area contributed by atoms with Crippen LogP contribution in [0.4, 0.5) is 0 Å². The van der Waals surface area contributed by atoms with Crippen LogP contribution in [0.25, 0.3) is 60.9 Å². The molecule has 2 nitrogen and oxygen atoms in total. The van der Waals surface area contributed by atoms with Gasteiger partial charge in [0.2, 0.25) is 0 Å². The van der Waals surface area contributed by atoms with Crippen molar-refractivity contribution < 1.29 is 5.11 Å². The molecule has 20 rings (SSSR count). The van der Waals surface area contributed by atoms with Crippen molar-refractivity contribution in [3.8, 4) is 39.1 Å². The van der Waals surface area contributed by atoms with Crippen molar-refractivity contribution >= 4 is 56.6 Å². The third kappa shape index (κ3) is 8.92. The minimum Gasteiger partial charge on any atom is -0.385 e. The number of aromatic nitrogens is 1. The van der Waals surface area contributed by atoms with Crippen LogP contribution < -0.4 is 0 Å². The maximum Gasteiger partial charge on any atom is 0.0958 e. The molecule has 1 N–H and O–H groups in total. The minimum atomic E-state index is -0.649. The van der Waals surface area contributed by atoms with E-state index in [-0.39, 0.29) is 12.8 Å². The first kappa shape index (κ1) is 53.6. The van der Waals surface area contributed by atoms with Crippen molar-refractivity contribution in [1.82, 2.24) is 4.57 Å². The highest BCUT2D eigenvalue weighted by atomic mass is 35.5. The van der Waals surface area contributed by atoms with Crippen LogP contribution >= 0.6 is 34.8 Å². The van der Waals surface area contributed by atoms with Gasteiger partial charge in [-0.1, -0.05) is 199 Å². The highest BCUT2D eigenvalue weighted by Gasteiger charge is 2.62. The van der Waals surface area contributed by atoms with Gasteiger partial charge in [0.15, 0.2) is 0 Å². The monoisotopic (exact) mass is 1130 g/mol. The highest BCUT2D eigenvalue weighted by molar-refractivity contribution is 6.32. The number of nitrogens with zero attached hydrogens (tertiary/aromatic N) is 1. The molecule has 412 valence electrons. The molecule has 1 aromatic heterocycles. The molecule has 10 aliphatic rings. The van der Waals surface area contributed by atoms with E-state index >= 15 is 0 Å². The van der Waals surface area contributed by atoms with Crippen LogP contribution in [0, 0.1) is 54.3 Å². The summed E-state index contributed by atoms with van der Waals surface area (Å²) in [6.07, 6.45) is 14.4. The summed E-state index contributed by atoms with van der Waals surface area (Å²) in [5.74, 6) is 6.04. The molecule has 8 fully saturated rings. The molecule has 0 saturated heterocycles. The summed E-state index contributed by atoms with van der Waals surface area (Å²) in [5.41, 5.74) is 19.7. The lowest BCUT2D eigenvalue weighted by Crippen LogP contribution is -2.55. The lowest BCUT2D eigenvalue weighted by molar-refractivity contribution is -0.179. The minimum absolute atomic E-state index is 0. The van der Waals surface area contributed by atoms with Crippen molar-refractivity contribution in [2.75, 3.05) is 0 Å². The van der Waals surface area contributed by atoms with Crippen LogP contribution in [0.3, 0.4) is 0 Å². The van der Waals surface area contributed by atoms with Crippen LogP contribution in [0.15, 0.2) is 206 Å². The number of benzene rings is 9. The number of fused-ring (bicyclic) bond motifs is 9. The zero-order chi connectivity index (χ0) is 54.6. The maximum absolute atomic E-state index is 11.9. The van der Waals surface area contributed by atoms with Gasteiger partial charge in [-0.25, -0.2) is 0 Å². The molecule has 5 heteroatoms. The van der Waals surface area contributed by atoms with E-state index in [0.717, 1.165) is 68.1 Å². The summed E-state index contributed by atoms with van der Waals surface area (Å²) in [4.78, 5) is 0. The first-order valence-corrected chi connectivity index (χ1v) is 31.1. The van der Waals surface area contributed by atoms with Crippen LogP contribution in [0.2, 0.25) is 15.1 Å². The van der Waals surface area contributed by atoms with E-state index in [2.05, 4.69) is 175 Å². The zero-order valence-electron chi connectivity index (χ0n) is 46.1. The molecule has 1 heterocycles. The average molecular weight is 1130 g/mol. The molecular formula is C77H72Cl3NO. The number of aryl methyl sites for hydroxylation is 1. The van der Waals surface area contributed by atoms with Crippen LogP contribution in [0.5, 0.6) is 0 Å². The van der Waals surface area contributed by atoms with Crippen molar-refractivity contribution in [2.45, 2.75) is 96.0 Å². The number of para-hydroxylation sites is 1. The Hall–Kier alpha value is -6.39. The molecule has 0 atom stereocenters. The summed E-state index contributed by atoms with van der Waals surface area (Å²) in [7, 11) is 0. The molecular weight excluding hydrogens is 1060 g/mol. The third-order valence-electron chi connectivity index (χ3n) is 21.0. The molecule has 0 amide bonds. The summed E-state index contributed by atoms with van der Waals surface area (Å²) in [5, 5.41) is 16.9. The summed E-state index contributed by atoms with van der Waals surface area (Å²) in [6, 6.07) is 73.3. The smallest absolute Gasteiger partial charge is 0.0958 e. The fraction of sp³-hybridized carbons (Fsp3) is 0.299. The van der Waals surface area contributed by atoms with Gasteiger partial charge in [-0.15, -0.1) is 0 Å². The maximum atomic E-state index is 11.9. The molecule has 0 unspecified atom stereocenters. The molecule has 1 spiro atoms. The van der Waals surface area contributed by atoms with E-state index in [4.69, 9.17) is 34.8 Å². The van der Waals surface area contributed by atoms with Crippen LogP contribution in [-0.4, -0.2) is 9.67 Å². The van der Waals surface area contributed by atoms with E-state index in [1.54, 1.807) is 11.1 Å². The highest BCUT2D eigenvalue weighted by Crippen LogP contribution is 2.70. The quantitative estimate of drug-likeness (QED) is 0.187. The molecule has 10 aromatic rings. The standard InChI is InChI=1S/C34H28ClN.C22H23ClO.C13H9Cl.C7H8.CH4/c35-24-9-11-29-28-6-2-4-8-32(28)36(33(29)18-24)25-10-12-27-26-5-1-3-7-30(26)34(31(27)19-25)22-14-20-13-21(16-22)17-23(34)15-20;23-19-7-5-16(6-8-19)20-3-1-2-4-21(20)22(24)17-10-14-9-15(12-17)13-18(22)11-14;14-11-5-6-13-10(8-11)7-9-3-1-2-4-12(9)13;1-7-5-3-2-4-6-7;/h1-12,18-23H,13-17H2;1-8,14-15,17-18,24H,9-13H2;1-6,8H,7H2;2-6H,1H3;1H4. The molecule has 9 aromatic carbocycles. The van der Waals surface area contributed by atoms with Gasteiger partial charge in [-0.2, -0.15) is 0 Å². The van der Waals surface area contributed by atoms with Crippen LogP contribution in [-0.2, 0) is 17.4 Å². The van der Waals surface area contributed by atoms with Gasteiger partial charge in [0, 0.05) is 36.9 Å². The van der Waals surface area contributed by atoms with Crippen molar-refractivity contribution in [3.05, 3.63) is 255 Å². The normalized spacial score (nSPS) is 26.5. The first-order chi connectivity index (χ1) is 39.6. The number of halogens is 3. The topological polar surface area (TPSA) is 25.2 Å². The van der Waals surface area contributed by atoms with Gasteiger partial charge in [0.25, 0.3) is 0 Å². The Kier molecular flexibility index (Phi) is 14.0. The van der Waals surface area contributed by atoms with E-state index in [0.29, 0.717) is 11.8 Å².